The fraction of sp³-hybridized carbons (Fsp3) is 0.125. The summed E-state index contributed by atoms with van der Waals surface area (Å²) in [5.41, 5.74) is 5.89. The third kappa shape index (κ3) is 4.18. The zero-order valence-electron chi connectivity index (χ0n) is 8.25. The van der Waals surface area contributed by atoms with Gasteiger partial charge in [0, 0.05) is 10.7 Å². The minimum atomic E-state index is -0.570. The van der Waals surface area contributed by atoms with Crippen molar-refractivity contribution in [3.63, 3.8) is 0 Å². The number of rotatable bonds is 1. The van der Waals surface area contributed by atoms with Crippen molar-refractivity contribution < 1.29 is 44.6 Å². The Kier molecular flexibility index (Phi) is 8.51. The van der Waals surface area contributed by atoms with E-state index in [0.29, 0.717) is 5.02 Å². The SMILES string of the molecule is COC(=O)c1c(N)cc(Cl)cc1Cl.[Na+].[OH-]. The standard InChI is InChI=1S/C8H7Cl2NO2.Na.H2O/c1-13-8(12)7-5(10)2-4(9)3-6(7)11;;/h2-3H,11H2,1H3;;1H2/q;+1;/p-1. The first-order chi connectivity index (χ1) is 6.06. The molecule has 1 rings (SSSR count). The summed E-state index contributed by atoms with van der Waals surface area (Å²) in [5, 5.41) is 0.576. The van der Waals surface area contributed by atoms with Crippen molar-refractivity contribution in [3.8, 4) is 0 Å². The molecule has 0 saturated carbocycles. The molecular weight excluding hydrogens is 252 g/mol. The summed E-state index contributed by atoms with van der Waals surface area (Å²) >= 11 is 11.4. The average molecular weight is 260 g/mol. The summed E-state index contributed by atoms with van der Waals surface area (Å²) in [5.74, 6) is -0.570. The Morgan fingerprint density at radius 1 is 1.40 bits per heavy atom. The zero-order valence-corrected chi connectivity index (χ0v) is 11.8. The predicted octanol–water partition coefficient (Wildman–Crippen LogP) is -0.811. The second-order valence-electron chi connectivity index (χ2n) is 2.34. The molecule has 0 bridgehead atoms. The van der Waals surface area contributed by atoms with Gasteiger partial charge in [-0.05, 0) is 12.1 Å². The Morgan fingerprint density at radius 2 is 1.93 bits per heavy atom. The molecule has 78 valence electrons. The molecule has 7 heteroatoms. The third-order valence-corrected chi connectivity index (χ3v) is 1.99. The van der Waals surface area contributed by atoms with Crippen LogP contribution in [0.2, 0.25) is 10.0 Å². The topological polar surface area (TPSA) is 82.3 Å². The van der Waals surface area contributed by atoms with Gasteiger partial charge in [0.05, 0.1) is 12.1 Å². The number of benzene rings is 1. The number of hydrogen-bond acceptors (Lipinski definition) is 4. The van der Waals surface area contributed by atoms with E-state index in [9.17, 15) is 4.79 Å². The van der Waals surface area contributed by atoms with Gasteiger partial charge in [0.15, 0.2) is 0 Å². The molecule has 0 saturated heterocycles. The van der Waals surface area contributed by atoms with Gasteiger partial charge in [-0.1, -0.05) is 23.2 Å². The average Bonchev–Trinajstić information content (AvgIpc) is 2.02. The fourth-order valence-corrected chi connectivity index (χ4v) is 1.50. The number of esters is 1. The molecule has 0 unspecified atom stereocenters. The number of anilines is 1. The first-order valence-electron chi connectivity index (χ1n) is 3.39. The van der Waals surface area contributed by atoms with E-state index in [2.05, 4.69) is 4.74 Å². The van der Waals surface area contributed by atoms with Crippen molar-refractivity contribution in [2.45, 2.75) is 0 Å². The van der Waals surface area contributed by atoms with E-state index >= 15 is 0 Å². The van der Waals surface area contributed by atoms with Gasteiger partial charge < -0.3 is 15.9 Å². The number of halogens is 2. The van der Waals surface area contributed by atoms with Crippen LogP contribution in [0.4, 0.5) is 5.69 Å². The molecule has 0 amide bonds. The second-order valence-corrected chi connectivity index (χ2v) is 3.19. The number of hydrogen-bond donors (Lipinski definition) is 1. The number of carbonyl (C=O) groups is 1. The normalized spacial score (nSPS) is 8.47. The zero-order chi connectivity index (χ0) is 10.0. The molecule has 0 spiro atoms. The molecule has 0 atom stereocenters. The van der Waals surface area contributed by atoms with E-state index in [1.54, 1.807) is 0 Å². The van der Waals surface area contributed by atoms with Gasteiger partial charge in [-0.2, -0.15) is 0 Å². The molecule has 0 radical (unpaired) electrons. The monoisotopic (exact) mass is 259 g/mol. The minimum Gasteiger partial charge on any atom is -0.870 e. The predicted molar refractivity (Wildman–Crippen MR) is 54.1 cm³/mol. The number of ether oxygens (including phenoxy) is 1. The molecule has 3 N–H and O–H groups in total. The Labute approximate surface area is 119 Å². The van der Waals surface area contributed by atoms with E-state index in [4.69, 9.17) is 28.9 Å². The van der Waals surface area contributed by atoms with Gasteiger partial charge in [0.1, 0.15) is 5.56 Å². The van der Waals surface area contributed by atoms with Crippen molar-refractivity contribution >= 4 is 34.9 Å². The molecule has 0 aliphatic heterocycles. The van der Waals surface area contributed by atoms with Crippen molar-refractivity contribution in [2.75, 3.05) is 12.8 Å². The van der Waals surface area contributed by atoms with Crippen LogP contribution in [-0.2, 0) is 4.74 Å². The van der Waals surface area contributed by atoms with Crippen LogP contribution in [0.15, 0.2) is 12.1 Å². The van der Waals surface area contributed by atoms with Crippen LogP contribution in [0, 0.1) is 0 Å². The number of methoxy groups -OCH3 is 1. The fourth-order valence-electron chi connectivity index (χ4n) is 0.911. The maximum atomic E-state index is 11.1. The van der Waals surface area contributed by atoms with E-state index in [1.165, 1.54) is 19.2 Å². The molecule has 0 heterocycles. The van der Waals surface area contributed by atoms with Gasteiger partial charge in [-0.15, -0.1) is 0 Å². The van der Waals surface area contributed by atoms with Crippen LogP contribution >= 0.6 is 23.2 Å². The van der Waals surface area contributed by atoms with Gasteiger partial charge in [-0.3, -0.25) is 0 Å². The van der Waals surface area contributed by atoms with Crippen LogP contribution in [0.25, 0.3) is 0 Å². The number of nitrogen functional groups attached to an aromatic ring is 1. The van der Waals surface area contributed by atoms with E-state index in [-0.39, 0.29) is 51.3 Å². The smallest absolute Gasteiger partial charge is 0.870 e. The molecule has 0 aliphatic carbocycles. The third-order valence-electron chi connectivity index (χ3n) is 1.48. The molecule has 15 heavy (non-hydrogen) atoms. The Morgan fingerprint density at radius 3 is 2.33 bits per heavy atom. The molecule has 0 aliphatic rings. The molecule has 4 nitrogen and oxygen atoms in total. The van der Waals surface area contributed by atoms with Crippen LogP contribution in [-0.4, -0.2) is 18.6 Å². The maximum Gasteiger partial charge on any atom is 1.00 e. The second kappa shape index (κ2) is 7.33. The van der Waals surface area contributed by atoms with Crippen LogP contribution in [0.3, 0.4) is 0 Å². The summed E-state index contributed by atoms with van der Waals surface area (Å²) in [6.45, 7) is 0. The Balaban J connectivity index is 0. The van der Waals surface area contributed by atoms with E-state index < -0.39 is 5.97 Å². The molecule has 0 aromatic heterocycles. The van der Waals surface area contributed by atoms with Gasteiger partial charge >= 0.3 is 35.5 Å². The van der Waals surface area contributed by atoms with Crippen LogP contribution < -0.4 is 35.3 Å². The summed E-state index contributed by atoms with van der Waals surface area (Å²) < 4.78 is 4.49. The number of nitrogens with two attached hydrogens (primary N) is 1. The van der Waals surface area contributed by atoms with Gasteiger partial charge in [0.2, 0.25) is 0 Å². The maximum absolute atomic E-state index is 11.1. The summed E-state index contributed by atoms with van der Waals surface area (Å²) in [7, 11) is 1.26. The largest absolute Gasteiger partial charge is 1.00 e. The van der Waals surface area contributed by atoms with Gasteiger partial charge in [-0.25, -0.2) is 4.79 Å². The van der Waals surface area contributed by atoms with Crippen molar-refractivity contribution in [2.24, 2.45) is 0 Å². The molecule has 1 aromatic carbocycles. The van der Waals surface area contributed by atoms with E-state index in [0.717, 1.165) is 0 Å². The summed E-state index contributed by atoms with van der Waals surface area (Å²) in [6.07, 6.45) is 0. The molecular formula is C8H8Cl2NNaO3. The van der Waals surface area contributed by atoms with E-state index in [1.807, 2.05) is 0 Å². The number of carbonyl (C=O) groups excluding carboxylic acids is 1. The Hall–Kier alpha value is 0.0300. The summed E-state index contributed by atoms with van der Waals surface area (Å²) in [6, 6.07) is 2.88. The minimum absolute atomic E-state index is 0. The molecule has 1 aromatic rings. The first-order valence-corrected chi connectivity index (χ1v) is 4.14. The van der Waals surface area contributed by atoms with Crippen molar-refractivity contribution in [3.05, 3.63) is 27.7 Å². The Bertz CT molecular complexity index is 337. The first kappa shape index (κ1) is 17.4. The molecule has 0 fully saturated rings. The van der Waals surface area contributed by atoms with Crippen LogP contribution in [0.1, 0.15) is 10.4 Å². The van der Waals surface area contributed by atoms with Crippen molar-refractivity contribution in [1.82, 2.24) is 0 Å². The van der Waals surface area contributed by atoms with Crippen molar-refractivity contribution in [1.29, 1.82) is 0 Å². The van der Waals surface area contributed by atoms with Gasteiger partial charge in [0.25, 0.3) is 0 Å². The summed E-state index contributed by atoms with van der Waals surface area (Å²) in [4.78, 5) is 11.1. The quantitative estimate of drug-likeness (QED) is 0.406. The van der Waals surface area contributed by atoms with Crippen LogP contribution in [0.5, 0.6) is 0 Å².